The summed E-state index contributed by atoms with van der Waals surface area (Å²) in [6, 6.07) is 32.2. The molecule has 0 saturated carbocycles. The Morgan fingerprint density at radius 1 is 0.400 bits per heavy atom. The van der Waals surface area contributed by atoms with Crippen molar-refractivity contribution >= 4 is 23.3 Å². The van der Waals surface area contributed by atoms with Crippen LogP contribution in [0, 0.1) is 0 Å². The topological polar surface area (TPSA) is 0 Å². The van der Waals surface area contributed by atoms with Crippen molar-refractivity contribution in [2.24, 2.45) is 0 Å². The van der Waals surface area contributed by atoms with Crippen molar-refractivity contribution in [1.29, 1.82) is 0 Å². The molecule has 0 aliphatic rings. The molecule has 0 radical (unpaired) electrons. The molecule has 0 aliphatic heterocycles. The number of halogens is 1. The van der Waals surface area contributed by atoms with Gasteiger partial charge < -0.3 is 0 Å². The third-order valence-corrected chi connectivity index (χ3v) is 5.17. The summed E-state index contributed by atoms with van der Waals surface area (Å²) in [5.74, 6) is 0. The second-order valence-corrected chi connectivity index (χ2v) is 6.27. The van der Waals surface area contributed by atoms with Crippen LogP contribution in [0.15, 0.2) is 106 Å². The van der Waals surface area contributed by atoms with Gasteiger partial charge in [0.2, 0.25) is 0 Å². The predicted molar refractivity (Wildman–Crippen MR) is 88.7 cm³/mol. The van der Waals surface area contributed by atoms with Gasteiger partial charge in [0.1, 0.15) is 0 Å². The second kappa shape index (κ2) is 7.18. The molecular weight excluding hydrogens is 284 g/mol. The first-order chi connectivity index (χ1) is 9.45. The van der Waals surface area contributed by atoms with Crippen LogP contribution in [0.25, 0.3) is 0 Å². The van der Waals surface area contributed by atoms with Crippen LogP contribution in [0.1, 0.15) is 0 Å². The van der Waals surface area contributed by atoms with Crippen LogP contribution < -0.4 is 0 Å². The van der Waals surface area contributed by atoms with Crippen molar-refractivity contribution in [3.63, 3.8) is 0 Å². The van der Waals surface area contributed by atoms with Gasteiger partial charge in [-0.25, -0.2) is 0 Å². The summed E-state index contributed by atoms with van der Waals surface area (Å²) in [6.07, 6.45) is 0. The smallest absolute Gasteiger partial charge is 0.147 e. The van der Waals surface area contributed by atoms with Crippen molar-refractivity contribution in [3.05, 3.63) is 91.0 Å². The molecular formula is C18H16ClS+. The zero-order chi connectivity index (χ0) is 12.9. The van der Waals surface area contributed by atoms with Crippen molar-refractivity contribution in [1.82, 2.24) is 0 Å². The average molecular weight is 300 g/mol. The lowest BCUT2D eigenvalue weighted by Gasteiger charge is -2.07. The summed E-state index contributed by atoms with van der Waals surface area (Å²) >= 11 is 0. The van der Waals surface area contributed by atoms with Crippen LogP contribution in [0.3, 0.4) is 0 Å². The minimum atomic E-state index is -0.0146. The number of hydrogen-bond acceptors (Lipinski definition) is 0. The molecule has 2 heteroatoms. The molecule has 0 nitrogen and oxygen atoms in total. The van der Waals surface area contributed by atoms with Gasteiger partial charge in [0.05, 0.1) is 10.9 Å². The van der Waals surface area contributed by atoms with Crippen molar-refractivity contribution in [3.8, 4) is 0 Å². The van der Waals surface area contributed by atoms with Gasteiger partial charge >= 0.3 is 0 Å². The third-order valence-electron chi connectivity index (χ3n) is 2.94. The first-order valence-corrected chi connectivity index (χ1v) is 7.57. The van der Waals surface area contributed by atoms with Crippen LogP contribution in [-0.4, -0.2) is 0 Å². The molecule has 0 amide bonds. The monoisotopic (exact) mass is 299 g/mol. The Balaban J connectivity index is 0.00000147. The van der Waals surface area contributed by atoms with Crippen LogP contribution in [0.5, 0.6) is 0 Å². The molecule has 0 atom stereocenters. The molecule has 100 valence electrons. The first kappa shape index (κ1) is 14.7. The molecule has 0 fully saturated rings. The minimum Gasteiger partial charge on any atom is -0.147 e. The molecule has 0 bridgehead atoms. The van der Waals surface area contributed by atoms with Gasteiger partial charge in [-0.2, -0.15) is 0 Å². The predicted octanol–water partition coefficient (Wildman–Crippen LogP) is 5.20. The number of benzene rings is 3. The van der Waals surface area contributed by atoms with Gasteiger partial charge in [-0.05, 0) is 36.4 Å². The standard InChI is InChI=1S/C18H15S.ClH/c1-4-10-16(11-5-1)19(17-12-6-2-7-13-17)18-14-8-3-9-15-18;/h1-15H;1H/q+1;. The summed E-state index contributed by atoms with van der Waals surface area (Å²) in [5, 5.41) is 0. The lowest BCUT2D eigenvalue weighted by atomic mass is 10.4. The Kier molecular flexibility index (Phi) is 5.28. The molecule has 0 N–H and O–H groups in total. The molecule has 0 heterocycles. The van der Waals surface area contributed by atoms with Gasteiger partial charge in [0, 0.05) is 0 Å². The summed E-state index contributed by atoms with van der Waals surface area (Å²) in [7, 11) is -0.0146. The highest BCUT2D eigenvalue weighted by Gasteiger charge is 2.27. The number of hydrogen-bond donors (Lipinski definition) is 0. The lowest BCUT2D eigenvalue weighted by Crippen LogP contribution is -2.04. The van der Waals surface area contributed by atoms with E-state index in [4.69, 9.17) is 0 Å². The van der Waals surface area contributed by atoms with Crippen molar-refractivity contribution in [2.45, 2.75) is 14.7 Å². The van der Waals surface area contributed by atoms with Gasteiger partial charge in [-0.1, -0.05) is 54.6 Å². The van der Waals surface area contributed by atoms with E-state index in [0.717, 1.165) is 0 Å². The Hall–Kier alpha value is -1.70. The molecule has 0 aliphatic carbocycles. The Morgan fingerprint density at radius 3 is 0.900 bits per heavy atom. The maximum absolute atomic E-state index is 2.21. The molecule has 20 heavy (non-hydrogen) atoms. The first-order valence-electron chi connectivity index (χ1n) is 6.34. The van der Waals surface area contributed by atoms with E-state index in [1.165, 1.54) is 14.7 Å². The minimum absolute atomic E-state index is 0. The summed E-state index contributed by atoms with van der Waals surface area (Å²) in [4.78, 5) is 4.08. The SMILES string of the molecule is Cl.c1ccc([S+](c2ccccc2)c2ccccc2)cc1. The summed E-state index contributed by atoms with van der Waals surface area (Å²) < 4.78 is 0. The van der Waals surface area contributed by atoms with E-state index in [-0.39, 0.29) is 23.3 Å². The Labute approximate surface area is 129 Å². The highest BCUT2D eigenvalue weighted by molar-refractivity contribution is 7.97. The zero-order valence-electron chi connectivity index (χ0n) is 11.0. The van der Waals surface area contributed by atoms with Gasteiger partial charge in [0.25, 0.3) is 0 Å². The van der Waals surface area contributed by atoms with E-state index < -0.39 is 0 Å². The van der Waals surface area contributed by atoms with Gasteiger partial charge in [-0.3, -0.25) is 0 Å². The third kappa shape index (κ3) is 3.24. The Morgan fingerprint density at radius 2 is 0.650 bits per heavy atom. The van der Waals surface area contributed by atoms with Gasteiger partial charge in [0.15, 0.2) is 14.7 Å². The van der Waals surface area contributed by atoms with E-state index >= 15 is 0 Å². The molecule has 0 aromatic heterocycles. The van der Waals surface area contributed by atoms with E-state index in [1.807, 2.05) is 0 Å². The molecule has 0 saturated heterocycles. The van der Waals surface area contributed by atoms with E-state index in [9.17, 15) is 0 Å². The van der Waals surface area contributed by atoms with Crippen LogP contribution >= 0.6 is 12.4 Å². The largest absolute Gasteiger partial charge is 0.166 e. The summed E-state index contributed by atoms with van der Waals surface area (Å²) in [5.41, 5.74) is 0. The van der Waals surface area contributed by atoms with Crippen LogP contribution in [-0.2, 0) is 10.9 Å². The number of rotatable bonds is 3. The molecule has 0 spiro atoms. The quantitative estimate of drug-likeness (QED) is 0.583. The fourth-order valence-electron chi connectivity index (χ4n) is 2.08. The fraction of sp³-hybridized carbons (Fsp3) is 0. The van der Waals surface area contributed by atoms with Crippen LogP contribution in [0.4, 0.5) is 0 Å². The highest BCUT2D eigenvalue weighted by Crippen LogP contribution is 2.30. The van der Waals surface area contributed by atoms with Gasteiger partial charge in [-0.15, -0.1) is 12.4 Å². The molecule has 3 aromatic carbocycles. The molecule has 3 rings (SSSR count). The van der Waals surface area contributed by atoms with E-state index in [1.54, 1.807) is 0 Å². The average Bonchev–Trinajstić information content (AvgIpc) is 2.51. The maximum Gasteiger partial charge on any atom is 0.166 e. The second-order valence-electron chi connectivity index (χ2n) is 4.25. The highest BCUT2D eigenvalue weighted by atomic mass is 35.5. The zero-order valence-corrected chi connectivity index (χ0v) is 12.6. The summed E-state index contributed by atoms with van der Waals surface area (Å²) in [6.45, 7) is 0. The normalized spacial score (nSPS) is 10.1. The fourth-order valence-corrected chi connectivity index (χ4v) is 4.18. The van der Waals surface area contributed by atoms with Crippen LogP contribution in [0.2, 0.25) is 0 Å². The van der Waals surface area contributed by atoms with E-state index in [2.05, 4.69) is 91.0 Å². The molecule has 0 unspecified atom stereocenters. The molecule has 3 aromatic rings. The van der Waals surface area contributed by atoms with Crippen molar-refractivity contribution in [2.75, 3.05) is 0 Å². The Bertz CT molecular complexity index is 529. The lowest BCUT2D eigenvalue weighted by molar-refractivity contribution is 1.32. The van der Waals surface area contributed by atoms with Crippen molar-refractivity contribution < 1.29 is 0 Å². The van der Waals surface area contributed by atoms with E-state index in [0.29, 0.717) is 0 Å². The maximum atomic E-state index is 2.21.